The Morgan fingerprint density at radius 3 is 2.90 bits per heavy atom. The molecular weight excluding hydrogens is 252 g/mol. The Bertz CT molecular complexity index is 459. The van der Waals surface area contributed by atoms with Crippen molar-refractivity contribution >= 4 is 11.7 Å². The Hall–Kier alpha value is -1.62. The maximum absolute atomic E-state index is 11.4. The highest BCUT2D eigenvalue weighted by molar-refractivity contribution is 5.81. The van der Waals surface area contributed by atoms with Gasteiger partial charge in [-0.3, -0.25) is 9.69 Å². The molecule has 1 atom stereocenters. The third-order valence-corrected chi connectivity index (χ3v) is 3.93. The van der Waals surface area contributed by atoms with Crippen LogP contribution in [0, 0.1) is 5.41 Å². The highest BCUT2D eigenvalue weighted by atomic mass is 16.1. The highest BCUT2D eigenvalue weighted by Gasteiger charge is 2.38. The van der Waals surface area contributed by atoms with E-state index in [0.717, 1.165) is 44.8 Å². The predicted octanol–water partition coefficient (Wildman–Crippen LogP) is 1.60. The maximum Gasteiger partial charge on any atom is 0.224 e. The van der Waals surface area contributed by atoms with E-state index in [1.807, 2.05) is 19.2 Å². The van der Waals surface area contributed by atoms with Crippen molar-refractivity contribution in [2.75, 3.05) is 25.0 Å². The molecule has 1 amide bonds. The van der Waals surface area contributed by atoms with Gasteiger partial charge in [0.25, 0.3) is 0 Å². The summed E-state index contributed by atoms with van der Waals surface area (Å²) < 4.78 is 0. The number of nitrogens with two attached hydrogens (primary N) is 1. The van der Waals surface area contributed by atoms with Gasteiger partial charge in [0.1, 0.15) is 5.82 Å². The lowest BCUT2D eigenvalue weighted by Gasteiger charge is -2.21. The molecule has 110 valence electrons. The van der Waals surface area contributed by atoms with E-state index in [4.69, 9.17) is 5.73 Å². The molecule has 0 bridgehead atoms. The van der Waals surface area contributed by atoms with Gasteiger partial charge in [0.05, 0.1) is 5.41 Å². The summed E-state index contributed by atoms with van der Waals surface area (Å²) in [5.74, 6) is 0.719. The Labute approximate surface area is 120 Å². The van der Waals surface area contributed by atoms with Gasteiger partial charge in [-0.15, -0.1) is 0 Å². The van der Waals surface area contributed by atoms with Crippen molar-refractivity contribution in [3.8, 4) is 0 Å². The fourth-order valence-corrected chi connectivity index (χ4v) is 2.53. The van der Waals surface area contributed by atoms with Crippen molar-refractivity contribution < 1.29 is 4.79 Å². The minimum atomic E-state index is -0.379. The van der Waals surface area contributed by atoms with Crippen LogP contribution in [0.1, 0.15) is 32.3 Å². The standard InChI is InChI=1S/C15H24N4O/c1-3-7-17-13-5-4-12(9-18-13)10-19-8-6-15(2,11-19)14(16)20/h4-5,9H,3,6-8,10-11H2,1-2H3,(H2,16,20)(H,17,18). The normalized spacial score (nSPS) is 22.9. The summed E-state index contributed by atoms with van der Waals surface area (Å²) in [7, 11) is 0. The second-order valence-electron chi connectivity index (χ2n) is 5.86. The summed E-state index contributed by atoms with van der Waals surface area (Å²) in [4.78, 5) is 18.1. The number of hydrogen-bond acceptors (Lipinski definition) is 4. The van der Waals surface area contributed by atoms with Crippen LogP contribution in [0.15, 0.2) is 18.3 Å². The van der Waals surface area contributed by atoms with Crippen molar-refractivity contribution in [3.63, 3.8) is 0 Å². The van der Waals surface area contributed by atoms with E-state index in [-0.39, 0.29) is 11.3 Å². The molecule has 2 heterocycles. The molecule has 5 heteroatoms. The molecule has 20 heavy (non-hydrogen) atoms. The van der Waals surface area contributed by atoms with Crippen molar-refractivity contribution in [1.82, 2.24) is 9.88 Å². The molecule has 1 saturated heterocycles. The minimum Gasteiger partial charge on any atom is -0.370 e. The van der Waals surface area contributed by atoms with E-state index in [1.165, 1.54) is 5.56 Å². The molecule has 0 spiro atoms. The van der Waals surface area contributed by atoms with E-state index in [9.17, 15) is 4.79 Å². The Balaban J connectivity index is 1.90. The topological polar surface area (TPSA) is 71.2 Å². The lowest BCUT2D eigenvalue weighted by atomic mass is 9.89. The van der Waals surface area contributed by atoms with Gasteiger partial charge in [-0.05, 0) is 37.9 Å². The third kappa shape index (κ3) is 3.48. The van der Waals surface area contributed by atoms with E-state index in [0.29, 0.717) is 0 Å². The van der Waals surface area contributed by atoms with Crippen molar-refractivity contribution in [1.29, 1.82) is 0 Å². The monoisotopic (exact) mass is 276 g/mol. The van der Waals surface area contributed by atoms with Crippen LogP contribution in [0.4, 0.5) is 5.82 Å². The smallest absolute Gasteiger partial charge is 0.224 e. The van der Waals surface area contributed by atoms with Crippen molar-refractivity contribution in [3.05, 3.63) is 23.9 Å². The number of nitrogens with one attached hydrogen (secondary N) is 1. The van der Waals surface area contributed by atoms with Gasteiger partial charge in [-0.2, -0.15) is 0 Å². The molecule has 1 aliphatic heterocycles. The summed E-state index contributed by atoms with van der Waals surface area (Å²) in [5, 5.41) is 3.26. The summed E-state index contributed by atoms with van der Waals surface area (Å²) in [6, 6.07) is 4.10. The van der Waals surface area contributed by atoms with Gasteiger partial charge in [-0.25, -0.2) is 4.98 Å². The van der Waals surface area contributed by atoms with Crippen LogP contribution in [0.2, 0.25) is 0 Å². The largest absolute Gasteiger partial charge is 0.370 e. The number of amides is 1. The molecule has 1 fully saturated rings. The number of rotatable bonds is 6. The molecule has 1 aromatic heterocycles. The molecule has 1 aromatic rings. The van der Waals surface area contributed by atoms with Crippen LogP contribution in [0.3, 0.4) is 0 Å². The average Bonchev–Trinajstić information content (AvgIpc) is 2.81. The van der Waals surface area contributed by atoms with Crippen molar-refractivity contribution in [2.24, 2.45) is 11.1 Å². The van der Waals surface area contributed by atoms with Crippen LogP contribution in [-0.4, -0.2) is 35.4 Å². The number of likely N-dealkylation sites (tertiary alicyclic amines) is 1. The first kappa shape index (κ1) is 14.8. The summed E-state index contributed by atoms with van der Waals surface area (Å²) in [6.45, 7) is 7.49. The van der Waals surface area contributed by atoms with Crippen LogP contribution < -0.4 is 11.1 Å². The first-order valence-electron chi connectivity index (χ1n) is 7.24. The number of anilines is 1. The molecule has 0 aliphatic carbocycles. The van der Waals surface area contributed by atoms with E-state index in [1.54, 1.807) is 0 Å². The average molecular weight is 276 g/mol. The van der Waals surface area contributed by atoms with Gasteiger partial charge in [0.2, 0.25) is 5.91 Å². The van der Waals surface area contributed by atoms with Crippen molar-refractivity contribution in [2.45, 2.75) is 33.2 Å². The molecular formula is C15H24N4O. The number of carbonyl (C=O) groups excluding carboxylic acids is 1. The van der Waals surface area contributed by atoms with Gasteiger partial charge in [-0.1, -0.05) is 13.0 Å². The van der Waals surface area contributed by atoms with E-state index >= 15 is 0 Å². The fourth-order valence-electron chi connectivity index (χ4n) is 2.53. The number of nitrogens with zero attached hydrogens (tertiary/aromatic N) is 2. The maximum atomic E-state index is 11.4. The van der Waals surface area contributed by atoms with Gasteiger partial charge in [0, 0.05) is 25.8 Å². The van der Waals surface area contributed by atoms with E-state index < -0.39 is 0 Å². The second-order valence-corrected chi connectivity index (χ2v) is 5.86. The van der Waals surface area contributed by atoms with Gasteiger partial charge >= 0.3 is 0 Å². The third-order valence-electron chi connectivity index (χ3n) is 3.93. The predicted molar refractivity (Wildman–Crippen MR) is 80.2 cm³/mol. The molecule has 0 saturated carbocycles. The zero-order valence-electron chi connectivity index (χ0n) is 12.4. The number of primary amides is 1. The molecule has 2 rings (SSSR count). The molecule has 1 unspecified atom stereocenters. The Morgan fingerprint density at radius 1 is 1.55 bits per heavy atom. The van der Waals surface area contributed by atoms with Crippen LogP contribution in [0.25, 0.3) is 0 Å². The second kappa shape index (κ2) is 6.22. The summed E-state index contributed by atoms with van der Waals surface area (Å²) in [6.07, 6.45) is 3.83. The number of pyridine rings is 1. The minimum absolute atomic E-state index is 0.197. The first-order chi connectivity index (χ1) is 9.53. The first-order valence-corrected chi connectivity index (χ1v) is 7.24. The van der Waals surface area contributed by atoms with Crippen LogP contribution in [-0.2, 0) is 11.3 Å². The zero-order chi connectivity index (χ0) is 14.6. The van der Waals surface area contributed by atoms with Crippen LogP contribution in [0.5, 0.6) is 0 Å². The summed E-state index contributed by atoms with van der Waals surface area (Å²) >= 11 is 0. The Morgan fingerprint density at radius 2 is 2.35 bits per heavy atom. The van der Waals surface area contributed by atoms with Gasteiger partial charge < -0.3 is 11.1 Å². The molecule has 0 aromatic carbocycles. The van der Waals surface area contributed by atoms with E-state index in [2.05, 4.69) is 28.2 Å². The quantitative estimate of drug-likeness (QED) is 0.828. The Kier molecular flexibility index (Phi) is 4.60. The number of aromatic nitrogens is 1. The zero-order valence-corrected chi connectivity index (χ0v) is 12.4. The number of carbonyl (C=O) groups is 1. The highest BCUT2D eigenvalue weighted by Crippen LogP contribution is 2.30. The lowest BCUT2D eigenvalue weighted by molar-refractivity contribution is -0.126. The molecule has 3 N–H and O–H groups in total. The molecule has 1 aliphatic rings. The molecule has 5 nitrogen and oxygen atoms in total. The SMILES string of the molecule is CCCNc1ccc(CN2CCC(C)(C(N)=O)C2)cn1. The number of hydrogen-bond donors (Lipinski definition) is 2. The fraction of sp³-hybridized carbons (Fsp3) is 0.600. The lowest BCUT2D eigenvalue weighted by Crippen LogP contribution is -2.36. The molecule has 0 radical (unpaired) electrons. The van der Waals surface area contributed by atoms with Crippen LogP contribution >= 0.6 is 0 Å². The van der Waals surface area contributed by atoms with Gasteiger partial charge in [0.15, 0.2) is 0 Å². The summed E-state index contributed by atoms with van der Waals surface area (Å²) in [5.41, 5.74) is 6.26.